The molecule has 0 heterocycles. The normalized spacial score (nSPS) is 18.1. The zero-order chi connectivity index (χ0) is 9.56. The van der Waals surface area contributed by atoms with Gasteiger partial charge < -0.3 is 0 Å². The number of hydrogen-bond acceptors (Lipinski definition) is 1. The summed E-state index contributed by atoms with van der Waals surface area (Å²) in [6.07, 6.45) is 4.93. The van der Waals surface area contributed by atoms with Gasteiger partial charge in [0.05, 0.1) is 0 Å². The van der Waals surface area contributed by atoms with E-state index in [2.05, 4.69) is 19.6 Å². The maximum Gasteiger partial charge on any atom is 0.142 e. The van der Waals surface area contributed by atoms with Gasteiger partial charge in [-0.25, -0.2) is 4.39 Å². The van der Waals surface area contributed by atoms with E-state index in [0.29, 0.717) is 0 Å². The number of rotatable bonds is 3. The summed E-state index contributed by atoms with van der Waals surface area (Å²) in [5.41, 5.74) is 0. The Labute approximate surface area is 75.3 Å². The Kier molecular flexibility index (Phi) is 5.99. The average Bonchev–Trinajstić information content (AvgIpc) is 2.86. The fraction of sp³-hybridized carbons (Fsp3) is 0.800. The van der Waals surface area contributed by atoms with Crippen molar-refractivity contribution in [3.05, 3.63) is 12.7 Å². The van der Waals surface area contributed by atoms with Crippen LogP contribution >= 0.6 is 0 Å². The number of halogens is 1. The van der Waals surface area contributed by atoms with E-state index in [0.717, 1.165) is 11.8 Å². The van der Waals surface area contributed by atoms with Crippen molar-refractivity contribution in [2.24, 2.45) is 11.8 Å². The SMILES string of the molecule is C=CC(C)C1CC1.CN(C)CF. The molecule has 0 bridgehead atoms. The topological polar surface area (TPSA) is 3.24 Å². The molecule has 1 aliphatic carbocycles. The number of nitrogens with zero attached hydrogens (tertiary/aromatic N) is 1. The summed E-state index contributed by atoms with van der Waals surface area (Å²) in [7, 11) is 3.36. The van der Waals surface area contributed by atoms with Gasteiger partial charge in [-0.15, -0.1) is 6.58 Å². The highest BCUT2D eigenvalue weighted by Gasteiger charge is 2.25. The smallest absolute Gasteiger partial charge is 0.142 e. The van der Waals surface area contributed by atoms with Gasteiger partial charge in [0.25, 0.3) is 0 Å². The fourth-order valence-electron chi connectivity index (χ4n) is 0.814. The highest BCUT2D eigenvalue weighted by molar-refractivity contribution is 4.88. The van der Waals surface area contributed by atoms with Crippen molar-refractivity contribution in [2.45, 2.75) is 19.8 Å². The number of allylic oxidation sites excluding steroid dienone is 1. The molecule has 1 nitrogen and oxygen atoms in total. The van der Waals surface area contributed by atoms with E-state index in [-0.39, 0.29) is 6.80 Å². The number of hydrogen-bond donors (Lipinski definition) is 0. The molecule has 72 valence electrons. The van der Waals surface area contributed by atoms with Crippen molar-refractivity contribution in [3.8, 4) is 0 Å². The Morgan fingerprint density at radius 1 is 1.58 bits per heavy atom. The maximum atomic E-state index is 11.0. The summed E-state index contributed by atoms with van der Waals surface area (Å²) in [5.74, 6) is 1.78. The molecular formula is C10H20FN. The minimum Gasteiger partial charge on any atom is -0.283 e. The number of alkyl halides is 1. The van der Waals surface area contributed by atoms with Crippen molar-refractivity contribution >= 4 is 0 Å². The molecule has 0 aromatic rings. The summed E-state index contributed by atoms with van der Waals surface area (Å²) in [6.45, 7) is 5.60. The molecule has 12 heavy (non-hydrogen) atoms. The standard InChI is InChI=1S/C7H12.C3H8FN/c1-3-6(2)7-4-5-7;1-5(2)3-4/h3,6-7H,1,4-5H2,2H3;3H2,1-2H3. The molecule has 0 aromatic heterocycles. The van der Waals surface area contributed by atoms with Gasteiger partial charge in [-0.3, -0.25) is 4.90 Å². The molecule has 1 rings (SSSR count). The molecule has 1 saturated carbocycles. The van der Waals surface area contributed by atoms with Gasteiger partial charge in [0.1, 0.15) is 6.80 Å². The first-order valence-corrected chi connectivity index (χ1v) is 4.45. The van der Waals surface area contributed by atoms with Gasteiger partial charge in [-0.05, 0) is 38.8 Å². The zero-order valence-corrected chi connectivity index (χ0v) is 8.39. The second-order valence-corrected chi connectivity index (χ2v) is 3.63. The first-order valence-electron chi connectivity index (χ1n) is 4.45. The lowest BCUT2D eigenvalue weighted by atomic mass is 10.1. The van der Waals surface area contributed by atoms with Gasteiger partial charge in [0.15, 0.2) is 0 Å². The van der Waals surface area contributed by atoms with Crippen molar-refractivity contribution in [1.29, 1.82) is 0 Å². The Hall–Kier alpha value is -0.370. The second-order valence-electron chi connectivity index (χ2n) is 3.63. The third-order valence-electron chi connectivity index (χ3n) is 1.98. The first-order chi connectivity index (χ1) is 5.61. The molecular weight excluding hydrogens is 153 g/mol. The van der Waals surface area contributed by atoms with Crippen LogP contribution in [0.1, 0.15) is 19.8 Å². The first kappa shape index (κ1) is 11.6. The Bertz CT molecular complexity index is 119. The Balaban J connectivity index is 0.000000217. The Morgan fingerprint density at radius 2 is 2.00 bits per heavy atom. The lowest BCUT2D eigenvalue weighted by Gasteiger charge is -1.97. The van der Waals surface area contributed by atoms with Gasteiger partial charge >= 0.3 is 0 Å². The summed E-state index contributed by atoms with van der Waals surface area (Å²) in [5, 5.41) is 0. The molecule has 0 saturated heterocycles. The molecule has 0 amide bonds. The van der Waals surface area contributed by atoms with Crippen LogP contribution in [0.4, 0.5) is 4.39 Å². The largest absolute Gasteiger partial charge is 0.283 e. The predicted molar refractivity (Wildman–Crippen MR) is 51.7 cm³/mol. The highest BCUT2D eigenvalue weighted by atomic mass is 19.1. The third kappa shape index (κ3) is 6.35. The lowest BCUT2D eigenvalue weighted by molar-refractivity contribution is 0.266. The van der Waals surface area contributed by atoms with Crippen molar-refractivity contribution in [2.75, 3.05) is 20.9 Å². The fourth-order valence-corrected chi connectivity index (χ4v) is 0.814. The van der Waals surface area contributed by atoms with E-state index in [1.165, 1.54) is 17.7 Å². The monoisotopic (exact) mass is 173 g/mol. The third-order valence-corrected chi connectivity index (χ3v) is 1.98. The minimum atomic E-state index is -0.361. The summed E-state index contributed by atoms with van der Waals surface area (Å²) >= 11 is 0. The maximum absolute atomic E-state index is 11.0. The van der Waals surface area contributed by atoms with Crippen LogP contribution in [-0.2, 0) is 0 Å². The minimum absolute atomic E-state index is 0.361. The van der Waals surface area contributed by atoms with Crippen LogP contribution in [-0.4, -0.2) is 25.8 Å². The van der Waals surface area contributed by atoms with E-state index in [1.807, 2.05) is 0 Å². The molecule has 0 aliphatic heterocycles. The average molecular weight is 173 g/mol. The molecule has 0 aromatic carbocycles. The molecule has 0 radical (unpaired) electrons. The van der Waals surface area contributed by atoms with Gasteiger partial charge in [-0.2, -0.15) is 0 Å². The van der Waals surface area contributed by atoms with E-state index in [4.69, 9.17) is 0 Å². The van der Waals surface area contributed by atoms with E-state index >= 15 is 0 Å². The van der Waals surface area contributed by atoms with Crippen molar-refractivity contribution in [1.82, 2.24) is 4.90 Å². The van der Waals surface area contributed by atoms with Crippen LogP contribution in [0.25, 0.3) is 0 Å². The lowest BCUT2D eigenvalue weighted by Crippen LogP contribution is -2.07. The summed E-state index contributed by atoms with van der Waals surface area (Å²) in [4.78, 5) is 1.46. The molecule has 1 atom stereocenters. The quantitative estimate of drug-likeness (QED) is 0.468. The molecule has 0 N–H and O–H groups in total. The van der Waals surface area contributed by atoms with Crippen LogP contribution in [0.2, 0.25) is 0 Å². The van der Waals surface area contributed by atoms with E-state index in [1.54, 1.807) is 14.1 Å². The van der Waals surface area contributed by atoms with E-state index in [9.17, 15) is 4.39 Å². The van der Waals surface area contributed by atoms with Gasteiger partial charge in [0.2, 0.25) is 0 Å². The van der Waals surface area contributed by atoms with Crippen molar-refractivity contribution < 1.29 is 4.39 Å². The molecule has 0 spiro atoms. The van der Waals surface area contributed by atoms with Gasteiger partial charge in [0, 0.05) is 0 Å². The van der Waals surface area contributed by atoms with Crippen LogP contribution in [0, 0.1) is 11.8 Å². The predicted octanol–water partition coefficient (Wildman–Crippen LogP) is 2.69. The van der Waals surface area contributed by atoms with Crippen LogP contribution in [0.15, 0.2) is 12.7 Å². The highest BCUT2D eigenvalue weighted by Crippen LogP contribution is 2.36. The molecule has 1 unspecified atom stereocenters. The van der Waals surface area contributed by atoms with Gasteiger partial charge in [-0.1, -0.05) is 13.0 Å². The Morgan fingerprint density at radius 3 is 2.08 bits per heavy atom. The molecule has 1 fully saturated rings. The molecule has 1 aliphatic rings. The zero-order valence-electron chi connectivity index (χ0n) is 8.39. The summed E-state index contributed by atoms with van der Waals surface area (Å²) < 4.78 is 11.0. The van der Waals surface area contributed by atoms with Crippen LogP contribution in [0.3, 0.4) is 0 Å². The van der Waals surface area contributed by atoms with E-state index < -0.39 is 0 Å². The van der Waals surface area contributed by atoms with Crippen LogP contribution in [0.5, 0.6) is 0 Å². The van der Waals surface area contributed by atoms with Crippen molar-refractivity contribution in [3.63, 3.8) is 0 Å². The second kappa shape index (κ2) is 6.18. The van der Waals surface area contributed by atoms with Crippen LogP contribution < -0.4 is 0 Å². The molecule has 2 heteroatoms. The summed E-state index contributed by atoms with van der Waals surface area (Å²) in [6, 6.07) is 0.